The number of rotatable bonds is 2. The van der Waals surface area contributed by atoms with Crippen molar-refractivity contribution >= 4 is 11.6 Å². The van der Waals surface area contributed by atoms with Gasteiger partial charge in [0.05, 0.1) is 6.20 Å². The lowest BCUT2D eigenvalue weighted by Gasteiger charge is -2.08. The topological polar surface area (TPSA) is 12.9 Å². The summed E-state index contributed by atoms with van der Waals surface area (Å²) < 4.78 is 37.4. The minimum absolute atomic E-state index is 0.0802. The Bertz CT molecular complexity index is 315. The van der Waals surface area contributed by atoms with E-state index in [1.165, 1.54) is 6.92 Å². The molecule has 0 saturated carbocycles. The van der Waals surface area contributed by atoms with Crippen LogP contribution in [0.3, 0.4) is 0 Å². The van der Waals surface area contributed by atoms with Crippen LogP contribution in [0.4, 0.5) is 13.2 Å². The summed E-state index contributed by atoms with van der Waals surface area (Å²) in [5.41, 5.74) is -0.217. The molecule has 1 heterocycles. The molecular weight excluding hydrogens is 203 g/mol. The van der Waals surface area contributed by atoms with Gasteiger partial charge in [-0.15, -0.1) is 11.6 Å². The number of hydrogen-bond acceptors (Lipinski definition) is 1. The molecule has 13 heavy (non-hydrogen) atoms. The molecule has 0 spiro atoms. The molecule has 5 heteroatoms. The zero-order valence-corrected chi connectivity index (χ0v) is 7.58. The fourth-order valence-corrected chi connectivity index (χ4v) is 1.33. The first-order valence-electron chi connectivity index (χ1n) is 3.56. The second-order valence-corrected chi connectivity index (χ2v) is 2.80. The second-order valence-electron chi connectivity index (χ2n) is 2.53. The van der Waals surface area contributed by atoms with Crippen molar-refractivity contribution in [1.29, 1.82) is 0 Å². The van der Waals surface area contributed by atoms with Crippen LogP contribution in [0, 0.1) is 12.7 Å². The highest BCUT2D eigenvalue weighted by atomic mass is 35.5. The largest absolute Gasteiger partial charge is 0.280 e. The number of nitrogens with zero attached hydrogens (tertiary/aromatic N) is 1. The molecule has 0 unspecified atom stereocenters. The van der Waals surface area contributed by atoms with Crippen LogP contribution in [0.5, 0.6) is 0 Å². The highest BCUT2D eigenvalue weighted by Gasteiger charge is 2.17. The summed E-state index contributed by atoms with van der Waals surface area (Å²) in [5, 5.41) is 0. The molecule has 1 aromatic heterocycles. The molecule has 0 aliphatic carbocycles. The van der Waals surface area contributed by atoms with Crippen molar-refractivity contribution in [2.24, 2.45) is 0 Å². The van der Waals surface area contributed by atoms with Crippen molar-refractivity contribution in [1.82, 2.24) is 4.98 Å². The molecule has 1 aromatic rings. The molecule has 0 atom stereocenters. The Morgan fingerprint density at radius 2 is 2.15 bits per heavy atom. The third-order valence-corrected chi connectivity index (χ3v) is 2.04. The van der Waals surface area contributed by atoms with Crippen molar-refractivity contribution in [2.45, 2.75) is 19.2 Å². The maximum atomic E-state index is 12.8. The van der Waals surface area contributed by atoms with Gasteiger partial charge in [0.1, 0.15) is 11.5 Å². The fraction of sp³-hybridized carbons (Fsp3) is 0.375. The van der Waals surface area contributed by atoms with Gasteiger partial charge in [0.25, 0.3) is 6.43 Å². The van der Waals surface area contributed by atoms with Crippen LogP contribution in [-0.2, 0) is 5.88 Å². The van der Waals surface area contributed by atoms with E-state index in [0.29, 0.717) is 0 Å². The Labute approximate surface area is 78.5 Å². The van der Waals surface area contributed by atoms with E-state index in [2.05, 4.69) is 4.98 Å². The smallest absolute Gasteiger partial charge is 0.252 e. The van der Waals surface area contributed by atoms with Crippen LogP contribution in [-0.4, -0.2) is 4.98 Å². The van der Waals surface area contributed by atoms with Crippen LogP contribution in [0.2, 0.25) is 0 Å². The molecule has 0 aliphatic rings. The van der Waals surface area contributed by atoms with Crippen molar-refractivity contribution in [2.75, 3.05) is 0 Å². The summed E-state index contributed by atoms with van der Waals surface area (Å²) in [6.45, 7) is 1.40. The third-order valence-electron chi connectivity index (χ3n) is 1.78. The molecular formula is C8H7ClF3N. The molecule has 0 N–H and O–H groups in total. The molecule has 1 rings (SSSR count). The van der Waals surface area contributed by atoms with Gasteiger partial charge in [-0.1, -0.05) is 0 Å². The summed E-state index contributed by atoms with van der Waals surface area (Å²) in [6, 6.07) is 0. The highest BCUT2D eigenvalue weighted by Crippen LogP contribution is 2.25. The lowest BCUT2D eigenvalue weighted by atomic mass is 10.1. The van der Waals surface area contributed by atoms with Gasteiger partial charge in [-0.3, -0.25) is 4.98 Å². The zero-order valence-electron chi connectivity index (χ0n) is 6.82. The van der Waals surface area contributed by atoms with Gasteiger partial charge in [-0.05, 0) is 12.5 Å². The van der Waals surface area contributed by atoms with Gasteiger partial charge in [0.15, 0.2) is 0 Å². The first-order chi connectivity index (χ1) is 6.07. The molecule has 72 valence electrons. The molecule has 0 radical (unpaired) electrons. The van der Waals surface area contributed by atoms with Gasteiger partial charge >= 0.3 is 0 Å². The standard InChI is InChI=1S/C8H7ClF3N/c1-4-5(2-9)7(8(11)12)13-3-6(4)10/h3,8H,2H2,1H3. The van der Waals surface area contributed by atoms with E-state index in [1.807, 2.05) is 0 Å². The monoisotopic (exact) mass is 209 g/mol. The molecule has 0 fully saturated rings. The van der Waals surface area contributed by atoms with Gasteiger partial charge in [-0.2, -0.15) is 0 Å². The van der Waals surface area contributed by atoms with Crippen LogP contribution in [0.1, 0.15) is 23.2 Å². The number of aromatic nitrogens is 1. The molecule has 0 amide bonds. The van der Waals surface area contributed by atoms with E-state index in [0.717, 1.165) is 6.20 Å². The van der Waals surface area contributed by atoms with E-state index in [-0.39, 0.29) is 17.0 Å². The van der Waals surface area contributed by atoms with Crippen molar-refractivity contribution in [3.05, 3.63) is 28.8 Å². The molecule has 0 bridgehead atoms. The summed E-state index contributed by atoms with van der Waals surface area (Å²) >= 11 is 5.41. The van der Waals surface area contributed by atoms with Crippen molar-refractivity contribution in [3.8, 4) is 0 Å². The molecule has 1 nitrogen and oxygen atoms in total. The minimum atomic E-state index is -2.71. The Morgan fingerprint density at radius 3 is 2.62 bits per heavy atom. The van der Waals surface area contributed by atoms with E-state index < -0.39 is 17.9 Å². The number of hydrogen-bond donors (Lipinski definition) is 0. The van der Waals surface area contributed by atoms with Crippen LogP contribution < -0.4 is 0 Å². The maximum Gasteiger partial charge on any atom is 0.280 e. The molecule has 0 aliphatic heterocycles. The van der Waals surface area contributed by atoms with Crippen molar-refractivity contribution < 1.29 is 13.2 Å². The van der Waals surface area contributed by atoms with E-state index >= 15 is 0 Å². The minimum Gasteiger partial charge on any atom is -0.252 e. The lowest BCUT2D eigenvalue weighted by Crippen LogP contribution is -2.01. The summed E-state index contributed by atoms with van der Waals surface area (Å²) in [6.07, 6.45) is -1.93. The van der Waals surface area contributed by atoms with E-state index in [1.54, 1.807) is 0 Å². The van der Waals surface area contributed by atoms with Gasteiger partial charge in [-0.25, -0.2) is 13.2 Å². The van der Waals surface area contributed by atoms with Crippen LogP contribution >= 0.6 is 11.6 Å². The predicted octanol–water partition coefficient (Wildman–Crippen LogP) is 3.21. The average molecular weight is 210 g/mol. The average Bonchev–Trinajstić information content (AvgIpc) is 2.09. The Balaban J connectivity index is 3.30. The van der Waals surface area contributed by atoms with Crippen LogP contribution in [0.15, 0.2) is 6.20 Å². The fourth-order valence-electron chi connectivity index (χ4n) is 0.994. The van der Waals surface area contributed by atoms with Gasteiger partial charge < -0.3 is 0 Å². The van der Waals surface area contributed by atoms with E-state index in [9.17, 15) is 13.2 Å². The highest BCUT2D eigenvalue weighted by molar-refractivity contribution is 6.17. The second kappa shape index (κ2) is 3.96. The first kappa shape index (κ1) is 10.3. The SMILES string of the molecule is Cc1c(F)cnc(C(F)F)c1CCl. The van der Waals surface area contributed by atoms with Crippen LogP contribution in [0.25, 0.3) is 0 Å². The maximum absolute atomic E-state index is 12.8. The Kier molecular flexibility index (Phi) is 3.14. The number of alkyl halides is 3. The Morgan fingerprint density at radius 1 is 1.54 bits per heavy atom. The summed E-state index contributed by atoms with van der Waals surface area (Å²) in [4.78, 5) is 3.30. The quantitative estimate of drug-likeness (QED) is 0.682. The molecule has 0 saturated heterocycles. The van der Waals surface area contributed by atoms with Gasteiger partial charge in [0.2, 0.25) is 0 Å². The molecule has 0 aromatic carbocycles. The lowest BCUT2D eigenvalue weighted by molar-refractivity contribution is 0.145. The van der Waals surface area contributed by atoms with Gasteiger partial charge in [0, 0.05) is 11.4 Å². The van der Waals surface area contributed by atoms with E-state index in [4.69, 9.17) is 11.6 Å². The number of pyridine rings is 1. The zero-order chi connectivity index (χ0) is 10.0. The summed E-state index contributed by atoms with van der Waals surface area (Å²) in [5.74, 6) is -0.768. The summed E-state index contributed by atoms with van der Waals surface area (Å²) in [7, 11) is 0. The Hall–Kier alpha value is -0.770. The first-order valence-corrected chi connectivity index (χ1v) is 4.09. The number of halogens is 4. The third kappa shape index (κ3) is 1.94. The normalized spacial score (nSPS) is 10.9. The predicted molar refractivity (Wildman–Crippen MR) is 43.4 cm³/mol. The van der Waals surface area contributed by atoms with Crippen molar-refractivity contribution in [3.63, 3.8) is 0 Å².